The van der Waals surface area contributed by atoms with E-state index in [9.17, 15) is 9.59 Å². The van der Waals surface area contributed by atoms with Crippen LogP contribution < -0.4 is 10.6 Å². The van der Waals surface area contributed by atoms with Gasteiger partial charge in [-0.3, -0.25) is 9.59 Å². The van der Waals surface area contributed by atoms with Gasteiger partial charge < -0.3 is 15.1 Å². The largest absolute Gasteiger partial charge is 0.459 e. The summed E-state index contributed by atoms with van der Waals surface area (Å²) in [7, 11) is 0. The van der Waals surface area contributed by atoms with Crippen molar-refractivity contribution in [3.8, 4) is 11.3 Å². The third-order valence-corrected chi connectivity index (χ3v) is 5.16. The van der Waals surface area contributed by atoms with Gasteiger partial charge in [-0.05, 0) is 38.0 Å². The first-order valence-corrected chi connectivity index (χ1v) is 10.0. The fourth-order valence-electron chi connectivity index (χ4n) is 2.79. The Morgan fingerprint density at radius 3 is 2.61 bits per heavy atom. The summed E-state index contributed by atoms with van der Waals surface area (Å²) < 4.78 is 5.03. The molecule has 0 aliphatic heterocycles. The molecule has 0 bridgehead atoms. The zero-order valence-corrected chi connectivity index (χ0v) is 16.9. The molecule has 2 N–H and O–H groups in total. The molecule has 2 amide bonds. The predicted molar refractivity (Wildman–Crippen MR) is 111 cm³/mol. The second kappa shape index (κ2) is 8.84. The molecule has 0 radical (unpaired) electrons. The van der Waals surface area contributed by atoms with E-state index in [2.05, 4.69) is 46.8 Å². The van der Waals surface area contributed by atoms with Crippen molar-refractivity contribution in [3.05, 3.63) is 58.9 Å². The van der Waals surface area contributed by atoms with Gasteiger partial charge in [0.25, 0.3) is 5.91 Å². The lowest BCUT2D eigenvalue weighted by Crippen LogP contribution is -2.41. The smallest absolute Gasteiger partial charge is 0.287 e. The Labute approximate surface area is 168 Å². The Balaban J connectivity index is 1.65. The average Bonchev–Trinajstić information content (AvgIpc) is 3.32. The van der Waals surface area contributed by atoms with E-state index in [1.54, 1.807) is 19.1 Å². The number of thiazole rings is 1. The Morgan fingerprint density at radius 1 is 1.21 bits per heavy atom. The SMILES string of the molecule is CCCc1ccc(-c2nc(NC(=O)[C@H](C)NC(=O)c3ccco3)sc2C)cc1. The van der Waals surface area contributed by atoms with Crippen LogP contribution in [0, 0.1) is 6.92 Å². The number of carbonyl (C=O) groups excluding carboxylic acids is 2. The molecule has 0 saturated heterocycles. The van der Waals surface area contributed by atoms with Crippen LogP contribution in [0.3, 0.4) is 0 Å². The van der Waals surface area contributed by atoms with E-state index in [4.69, 9.17) is 4.42 Å². The molecule has 0 spiro atoms. The van der Waals surface area contributed by atoms with E-state index in [1.165, 1.54) is 23.2 Å². The summed E-state index contributed by atoms with van der Waals surface area (Å²) in [6.07, 6.45) is 3.58. The molecular weight excluding hydrogens is 374 g/mol. The van der Waals surface area contributed by atoms with E-state index in [0.29, 0.717) is 5.13 Å². The highest BCUT2D eigenvalue weighted by atomic mass is 32.1. The number of carbonyl (C=O) groups is 2. The Hall–Kier alpha value is -2.93. The van der Waals surface area contributed by atoms with Crippen LogP contribution in [0.4, 0.5) is 5.13 Å². The average molecular weight is 398 g/mol. The first kappa shape index (κ1) is 19.8. The minimum Gasteiger partial charge on any atom is -0.459 e. The van der Waals surface area contributed by atoms with Crippen molar-refractivity contribution in [2.24, 2.45) is 0 Å². The van der Waals surface area contributed by atoms with Gasteiger partial charge >= 0.3 is 0 Å². The maximum absolute atomic E-state index is 12.4. The summed E-state index contributed by atoms with van der Waals surface area (Å²) in [6, 6.07) is 10.8. The van der Waals surface area contributed by atoms with Gasteiger partial charge in [-0.2, -0.15) is 0 Å². The molecule has 3 aromatic rings. The van der Waals surface area contributed by atoms with Crippen molar-refractivity contribution in [1.82, 2.24) is 10.3 Å². The molecule has 1 aromatic carbocycles. The van der Waals surface area contributed by atoms with Gasteiger partial charge in [0.2, 0.25) is 5.91 Å². The Morgan fingerprint density at radius 2 is 1.96 bits per heavy atom. The molecule has 3 rings (SSSR count). The molecular formula is C21H23N3O3S. The zero-order chi connectivity index (χ0) is 20.1. The molecule has 1 atom stereocenters. The Kier molecular flexibility index (Phi) is 6.26. The molecule has 0 unspecified atom stereocenters. The van der Waals surface area contributed by atoms with Crippen LogP contribution in [-0.2, 0) is 11.2 Å². The molecule has 0 aliphatic rings. The van der Waals surface area contributed by atoms with Gasteiger partial charge in [-0.1, -0.05) is 37.6 Å². The maximum Gasteiger partial charge on any atom is 0.287 e. The van der Waals surface area contributed by atoms with Gasteiger partial charge in [0.15, 0.2) is 10.9 Å². The lowest BCUT2D eigenvalue weighted by Gasteiger charge is -2.11. The van der Waals surface area contributed by atoms with Crippen LogP contribution in [0.5, 0.6) is 0 Å². The van der Waals surface area contributed by atoms with Crippen LogP contribution in [0.1, 0.15) is 41.3 Å². The summed E-state index contributed by atoms with van der Waals surface area (Å²) in [5, 5.41) is 5.89. The lowest BCUT2D eigenvalue weighted by molar-refractivity contribution is -0.117. The lowest BCUT2D eigenvalue weighted by atomic mass is 10.1. The number of nitrogens with one attached hydrogen (secondary N) is 2. The highest BCUT2D eigenvalue weighted by molar-refractivity contribution is 7.16. The van der Waals surface area contributed by atoms with Gasteiger partial charge in [0.1, 0.15) is 6.04 Å². The number of hydrogen-bond acceptors (Lipinski definition) is 5. The molecule has 0 fully saturated rings. The monoisotopic (exact) mass is 397 g/mol. The van der Waals surface area contributed by atoms with E-state index >= 15 is 0 Å². The van der Waals surface area contributed by atoms with Crippen LogP contribution >= 0.6 is 11.3 Å². The van der Waals surface area contributed by atoms with Crippen molar-refractivity contribution in [2.75, 3.05) is 5.32 Å². The second-order valence-corrected chi connectivity index (χ2v) is 7.74. The van der Waals surface area contributed by atoms with Gasteiger partial charge in [-0.25, -0.2) is 4.98 Å². The van der Waals surface area contributed by atoms with Crippen molar-refractivity contribution in [1.29, 1.82) is 0 Å². The number of anilines is 1. The number of aromatic nitrogens is 1. The van der Waals surface area contributed by atoms with Crippen molar-refractivity contribution >= 4 is 28.3 Å². The summed E-state index contributed by atoms with van der Waals surface area (Å²) in [5.41, 5.74) is 3.18. The fraction of sp³-hybridized carbons (Fsp3) is 0.286. The number of aryl methyl sites for hydroxylation is 2. The summed E-state index contributed by atoms with van der Waals surface area (Å²) in [6.45, 7) is 5.75. The molecule has 146 valence electrons. The highest BCUT2D eigenvalue weighted by Crippen LogP contribution is 2.30. The second-order valence-electron chi connectivity index (χ2n) is 6.53. The fourth-order valence-corrected chi connectivity index (χ4v) is 3.63. The topological polar surface area (TPSA) is 84.2 Å². The third-order valence-electron chi connectivity index (χ3n) is 4.28. The maximum atomic E-state index is 12.4. The number of nitrogens with zero attached hydrogens (tertiary/aromatic N) is 1. The predicted octanol–water partition coefficient (Wildman–Crippen LogP) is 4.42. The number of benzene rings is 1. The van der Waals surface area contributed by atoms with Crippen molar-refractivity contribution < 1.29 is 14.0 Å². The normalized spacial score (nSPS) is 11.8. The van der Waals surface area contributed by atoms with Crippen LogP contribution in [0.2, 0.25) is 0 Å². The van der Waals surface area contributed by atoms with Crippen LogP contribution in [0.15, 0.2) is 47.1 Å². The number of rotatable bonds is 7. The van der Waals surface area contributed by atoms with E-state index in [-0.39, 0.29) is 11.7 Å². The first-order chi connectivity index (χ1) is 13.5. The molecule has 0 aliphatic carbocycles. The number of amides is 2. The zero-order valence-electron chi connectivity index (χ0n) is 16.1. The van der Waals surface area contributed by atoms with Gasteiger partial charge in [0.05, 0.1) is 12.0 Å². The molecule has 28 heavy (non-hydrogen) atoms. The third kappa shape index (κ3) is 4.67. The highest BCUT2D eigenvalue weighted by Gasteiger charge is 2.20. The standard InChI is InChI=1S/C21H23N3O3S/c1-4-6-15-8-10-16(11-9-15)18-14(3)28-21(23-18)24-19(25)13(2)22-20(26)17-7-5-12-27-17/h5,7-13H,4,6H2,1-3H3,(H,22,26)(H,23,24,25)/t13-/m0/s1. The summed E-state index contributed by atoms with van der Waals surface area (Å²) >= 11 is 1.41. The number of hydrogen-bond donors (Lipinski definition) is 2. The van der Waals surface area contributed by atoms with Gasteiger partial charge in [0, 0.05) is 10.4 Å². The summed E-state index contributed by atoms with van der Waals surface area (Å²) in [5.74, 6) is -0.604. The van der Waals surface area contributed by atoms with Gasteiger partial charge in [-0.15, -0.1) is 11.3 Å². The van der Waals surface area contributed by atoms with E-state index < -0.39 is 11.9 Å². The molecule has 2 aromatic heterocycles. The van der Waals surface area contributed by atoms with Crippen molar-refractivity contribution in [3.63, 3.8) is 0 Å². The molecule has 0 saturated carbocycles. The van der Waals surface area contributed by atoms with Crippen LogP contribution in [0.25, 0.3) is 11.3 Å². The number of furan rings is 1. The minimum absolute atomic E-state index is 0.165. The van der Waals surface area contributed by atoms with Crippen LogP contribution in [-0.4, -0.2) is 22.8 Å². The molecule has 6 nitrogen and oxygen atoms in total. The first-order valence-electron chi connectivity index (χ1n) is 9.20. The Bertz CT molecular complexity index is 946. The molecule has 7 heteroatoms. The van der Waals surface area contributed by atoms with Crippen molar-refractivity contribution in [2.45, 2.75) is 39.7 Å². The van der Waals surface area contributed by atoms with E-state index in [0.717, 1.165) is 29.0 Å². The minimum atomic E-state index is -0.724. The molecule has 2 heterocycles. The summed E-state index contributed by atoms with van der Waals surface area (Å²) in [4.78, 5) is 30.0. The quantitative estimate of drug-likeness (QED) is 0.618. The van der Waals surface area contributed by atoms with E-state index in [1.807, 2.05) is 6.92 Å².